The van der Waals surface area contributed by atoms with Crippen molar-refractivity contribution in [3.63, 3.8) is 0 Å². The van der Waals surface area contributed by atoms with Gasteiger partial charge in [-0.25, -0.2) is 4.63 Å². The summed E-state index contributed by atoms with van der Waals surface area (Å²) in [5, 5.41) is 11.9. The molecule has 3 heterocycles. The van der Waals surface area contributed by atoms with Crippen LogP contribution in [0.5, 0.6) is 0 Å². The third-order valence-electron chi connectivity index (χ3n) is 4.10. The van der Waals surface area contributed by atoms with Crippen molar-refractivity contribution < 1.29 is 9.42 Å². The number of aromatic nitrogens is 2. The maximum atomic E-state index is 12.6. The average Bonchev–Trinajstić information content (AvgIpc) is 3.21. The second kappa shape index (κ2) is 6.41. The topological polar surface area (TPSA) is 71.3 Å². The Bertz CT molecular complexity index is 885. The number of carbonyl (C=O) groups excluding carboxylic acids is 1. The molecule has 2 aromatic heterocycles. The number of fused-ring (bicyclic) bond motifs is 1. The van der Waals surface area contributed by atoms with Crippen molar-refractivity contribution in [2.45, 2.75) is 19.3 Å². The maximum absolute atomic E-state index is 12.6. The molecule has 1 aromatic carbocycles. The minimum atomic E-state index is -0.296. The lowest BCUT2D eigenvalue weighted by atomic mass is 10.1. The summed E-state index contributed by atoms with van der Waals surface area (Å²) in [6.07, 6.45) is 3.41. The lowest BCUT2D eigenvalue weighted by Crippen LogP contribution is -2.30. The van der Waals surface area contributed by atoms with Crippen LogP contribution in [-0.2, 0) is 0 Å². The molecule has 1 aliphatic heterocycles. The molecule has 1 aliphatic rings. The molecule has 4 rings (SSSR count). The van der Waals surface area contributed by atoms with E-state index >= 15 is 0 Å². The van der Waals surface area contributed by atoms with Crippen LogP contribution in [0.15, 0.2) is 28.9 Å². The molecule has 24 heavy (non-hydrogen) atoms. The first kappa shape index (κ1) is 15.4. The van der Waals surface area contributed by atoms with Gasteiger partial charge in [0.1, 0.15) is 4.88 Å². The second-order valence-electron chi connectivity index (χ2n) is 5.68. The monoisotopic (exact) mass is 362 g/mol. The van der Waals surface area contributed by atoms with E-state index in [1.807, 2.05) is 24.3 Å². The first-order valence-corrected chi connectivity index (χ1v) is 8.99. The summed E-state index contributed by atoms with van der Waals surface area (Å²) in [5.41, 5.74) is 0. The molecule has 1 N–H and O–H groups in total. The molecule has 0 saturated carbocycles. The predicted octanol–water partition coefficient (Wildman–Crippen LogP) is 4.18. The number of hydrogen-bond acceptors (Lipinski definition) is 6. The molecule has 8 heteroatoms. The molecule has 1 saturated heterocycles. The number of halogens is 1. The molecule has 1 amide bonds. The largest absolute Gasteiger partial charge is 0.351 e. The molecule has 6 nitrogen and oxygen atoms in total. The fourth-order valence-electron chi connectivity index (χ4n) is 2.90. The Morgan fingerprint density at radius 2 is 2.00 bits per heavy atom. The smallest absolute Gasteiger partial charge is 0.268 e. The zero-order valence-electron chi connectivity index (χ0n) is 12.8. The quantitative estimate of drug-likeness (QED) is 0.756. The number of thiophene rings is 1. The van der Waals surface area contributed by atoms with Gasteiger partial charge >= 0.3 is 0 Å². The van der Waals surface area contributed by atoms with Gasteiger partial charge in [0.2, 0.25) is 11.6 Å². The van der Waals surface area contributed by atoms with E-state index in [2.05, 4.69) is 20.5 Å². The first-order chi connectivity index (χ1) is 11.7. The predicted molar refractivity (Wildman–Crippen MR) is 95.2 cm³/mol. The number of nitrogens with one attached hydrogen (secondary N) is 1. The summed E-state index contributed by atoms with van der Waals surface area (Å²) in [6.45, 7) is 1.78. The van der Waals surface area contributed by atoms with Crippen molar-refractivity contribution in [2.24, 2.45) is 0 Å². The number of piperidine rings is 1. The minimum absolute atomic E-state index is 0.296. The van der Waals surface area contributed by atoms with E-state index in [0.29, 0.717) is 21.5 Å². The Kier molecular flexibility index (Phi) is 4.12. The van der Waals surface area contributed by atoms with Gasteiger partial charge in [-0.1, -0.05) is 29.8 Å². The van der Waals surface area contributed by atoms with Crippen LogP contribution in [0.25, 0.3) is 10.1 Å². The number of carbonyl (C=O) groups is 1. The number of rotatable bonds is 3. The summed E-state index contributed by atoms with van der Waals surface area (Å²) in [7, 11) is 0. The molecule has 0 radical (unpaired) electrons. The lowest BCUT2D eigenvalue weighted by Gasteiger charge is -2.26. The van der Waals surface area contributed by atoms with Crippen molar-refractivity contribution >= 4 is 50.6 Å². The minimum Gasteiger partial charge on any atom is -0.351 e. The molecule has 1 fully saturated rings. The van der Waals surface area contributed by atoms with Gasteiger partial charge in [0, 0.05) is 23.2 Å². The third kappa shape index (κ3) is 2.74. The molecule has 0 aliphatic carbocycles. The van der Waals surface area contributed by atoms with E-state index in [-0.39, 0.29) is 5.91 Å². The SMILES string of the molecule is O=C(Nc1nonc1N1CCCCC1)c1sc2ccccc2c1Cl. The standard InChI is InChI=1S/C16H15ClN4O2S/c17-12-10-6-2-3-7-11(10)24-13(12)16(22)18-14-15(20-23-19-14)21-8-4-1-5-9-21/h2-3,6-7H,1,4-5,8-9H2,(H,18,19,22). The molecular formula is C16H15ClN4O2S. The number of nitrogens with zero attached hydrogens (tertiary/aromatic N) is 3. The van der Waals surface area contributed by atoms with Gasteiger partial charge in [-0.15, -0.1) is 11.3 Å². The van der Waals surface area contributed by atoms with Crippen LogP contribution in [0.2, 0.25) is 5.02 Å². The number of anilines is 2. The summed E-state index contributed by atoms with van der Waals surface area (Å²) >= 11 is 7.72. The van der Waals surface area contributed by atoms with Crippen LogP contribution in [0.3, 0.4) is 0 Å². The maximum Gasteiger partial charge on any atom is 0.268 e. The van der Waals surface area contributed by atoms with Crippen molar-refractivity contribution in [1.82, 2.24) is 10.3 Å². The molecule has 124 valence electrons. The van der Waals surface area contributed by atoms with Gasteiger partial charge in [0.25, 0.3) is 5.91 Å². The van der Waals surface area contributed by atoms with Crippen LogP contribution in [0.4, 0.5) is 11.6 Å². The van der Waals surface area contributed by atoms with Gasteiger partial charge in [-0.05, 0) is 35.6 Å². The van der Waals surface area contributed by atoms with Crippen molar-refractivity contribution in [1.29, 1.82) is 0 Å². The molecule has 3 aromatic rings. The van der Waals surface area contributed by atoms with Gasteiger partial charge < -0.3 is 4.90 Å². The average molecular weight is 363 g/mol. The fraction of sp³-hybridized carbons (Fsp3) is 0.312. The Morgan fingerprint density at radius 1 is 1.21 bits per heavy atom. The second-order valence-corrected chi connectivity index (χ2v) is 7.11. The van der Waals surface area contributed by atoms with Crippen LogP contribution in [0, 0.1) is 0 Å². The number of benzene rings is 1. The van der Waals surface area contributed by atoms with E-state index in [1.54, 1.807) is 0 Å². The normalized spacial score (nSPS) is 15.0. The highest BCUT2D eigenvalue weighted by Gasteiger charge is 2.23. The molecule has 0 atom stereocenters. The van der Waals surface area contributed by atoms with Crippen LogP contribution in [-0.4, -0.2) is 29.3 Å². The highest BCUT2D eigenvalue weighted by molar-refractivity contribution is 7.21. The lowest BCUT2D eigenvalue weighted by molar-refractivity contribution is 0.102. The molecular weight excluding hydrogens is 348 g/mol. The Morgan fingerprint density at radius 3 is 2.79 bits per heavy atom. The molecule has 0 unspecified atom stereocenters. The Balaban J connectivity index is 1.60. The van der Waals surface area contributed by atoms with Crippen LogP contribution >= 0.6 is 22.9 Å². The van der Waals surface area contributed by atoms with Crippen molar-refractivity contribution in [3.05, 3.63) is 34.2 Å². The molecule has 0 spiro atoms. The van der Waals surface area contributed by atoms with Gasteiger partial charge in [-0.3, -0.25) is 10.1 Å². The number of hydrogen-bond donors (Lipinski definition) is 1. The van der Waals surface area contributed by atoms with E-state index in [9.17, 15) is 4.79 Å². The van der Waals surface area contributed by atoms with Gasteiger partial charge in [0.05, 0.1) is 5.02 Å². The Hall–Kier alpha value is -2.12. The summed E-state index contributed by atoms with van der Waals surface area (Å²) in [6, 6.07) is 7.67. The highest BCUT2D eigenvalue weighted by atomic mass is 35.5. The highest BCUT2D eigenvalue weighted by Crippen LogP contribution is 2.36. The van der Waals surface area contributed by atoms with Crippen molar-refractivity contribution in [3.8, 4) is 0 Å². The summed E-state index contributed by atoms with van der Waals surface area (Å²) in [5.74, 6) is 0.630. The first-order valence-electron chi connectivity index (χ1n) is 7.80. The van der Waals surface area contributed by atoms with Crippen LogP contribution < -0.4 is 10.2 Å². The Labute approximate surface area is 147 Å². The molecule has 0 bridgehead atoms. The zero-order valence-corrected chi connectivity index (χ0v) is 14.4. The summed E-state index contributed by atoms with van der Waals surface area (Å²) < 4.78 is 5.81. The van der Waals surface area contributed by atoms with E-state index in [1.165, 1.54) is 17.8 Å². The van der Waals surface area contributed by atoms with E-state index in [0.717, 1.165) is 36.0 Å². The van der Waals surface area contributed by atoms with Crippen LogP contribution in [0.1, 0.15) is 28.9 Å². The zero-order chi connectivity index (χ0) is 16.5. The van der Waals surface area contributed by atoms with Gasteiger partial charge in [-0.2, -0.15) is 0 Å². The van der Waals surface area contributed by atoms with E-state index < -0.39 is 0 Å². The summed E-state index contributed by atoms with van der Waals surface area (Å²) in [4.78, 5) is 15.2. The fourth-order valence-corrected chi connectivity index (χ4v) is 4.31. The van der Waals surface area contributed by atoms with Gasteiger partial charge in [0.15, 0.2) is 0 Å². The third-order valence-corrected chi connectivity index (χ3v) is 5.77. The number of amides is 1. The van der Waals surface area contributed by atoms with E-state index in [4.69, 9.17) is 16.2 Å². The van der Waals surface area contributed by atoms with Crippen molar-refractivity contribution in [2.75, 3.05) is 23.3 Å².